The Kier molecular flexibility index (Phi) is 5.78. The van der Waals surface area contributed by atoms with Gasteiger partial charge in [-0.15, -0.1) is 0 Å². The minimum absolute atomic E-state index is 0.0736. The molecule has 0 unspecified atom stereocenters. The van der Waals surface area contributed by atoms with Gasteiger partial charge >= 0.3 is 0 Å². The summed E-state index contributed by atoms with van der Waals surface area (Å²) in [5.74, 6) is 0.290. The van der Waals surface area contributed by atoms with Crippen LogP contribution in [0.2, 0.25) is 0 Å². The Bertz CT molecular complexity index is 1340. The highest BCUT2D eigenvalue weighted by molar-refractivity contribution is 6.08. The molecule has 0 aliphatic carbocycles. The van der Waals surface area contributed by atoms with Crippen LogP contribution in [0.15, 0.2) is 79.3 Å². The molecule has 4 aromatic rings. The standard InChI is InChI=1S/C26H23N5O3/c1-34-23-15-19(11-12-22(23)30-14-6-10-24(30)32)28-26(33)21-17-31(20-8-3-2-4-9-20)29-25(21)18-7-5-13-27-16-18/h2-5,7-9,11-13,15-17H,6,10,14H2,1H3,(H,28,33). The van der Waals surface area contributed by atoms with Gasteiger partial charge in [0, 0.05) is 48.9 Å². The summed E-state index contributed by atoms with van der Waals surface area (Å²) in [4.78, 5) is 31.4. The van der Waals surface area contributed by atoms with Gasteiger partial charge in [-0.05, 0) is 42.8 Å². The largest absolute Gasteiger partial charge is 0.494 e. The Labute approximate surface area is 196 Å². The van der Waals surface area contributed by atoms with E-state index in [1.54, 1.807) is 53.5 Å². The van der Waals surface area contributed by atoms with Gasteiger partial charge in [0.2, 0.25) is 5.91 Å². The molecule has 5 rings (SSSR count). The van der Waals surface area contributed by atoms with Gasteiger partial charge in [-0.1, -0.05) is 18.2 Å². The third-order valence-electron chi connectivity index (χ3n) is 5.72. The van der Waals surface area contributed by atoms with E-state index in [9.17, 15) is 9.59 Å². The predicted octanol–water partition coefficient (Wildman–Crippen LogP) is 4.32. The minimum atomic E-state index is -0.312. The van der Waals surface area contributed by atoms with E-state index in [0.717, 1.165) is 17.7 Å². The molecule has 1 N–H and O–H groups in total. The molecule has 1 fully saturated rings. The monoisotopic (exact) mass is 453 g/mol. The van der Waals surface area contributed by atoms with Crippen LogP contribution in [0.3, 0.4) is 0 Å². The molecule has 8 heteroatoms. The zero-order valence-corrected chi connectivity index (χ0v) is 18.6. The molecule has 34 heavy (non-hydrogen) atoms. The second kappa shape index (κ2) is 9.19. The molecule has 1 aliphatic heterocycles. The molecule has 8 nitrogen and oxygen atoms in total. The highest BCUT2D eigenvalue weighted by Crippen LogP contribution is 2.34. The number of aromatic nitrogens is 3. The lowest BCUT2D eigenvalue weighted by Crippen LogP contribution is -2.24. The summed E-state index contributed by atoms with van der Waals surface area (Å²) in [6, 6.07) is 18.6. The summed E-state index contributed by atoms with van der Waals surface area (Å²) >= 11 is 0. The van der Waals surface area contributed by atoms with Crippen molar-refractivity contribution in [2.45, 2.75) is 12.8 Å². The van der Waals surface area contributed by atoms with Crippen molar-refractivity contribution in [3.8, 4) is 22.7 Å². The zero-order valence-electron chi connectivity index (χ0n) is 18.6. The van der Waals surface area contributed by atoms with E-state index in [2.05, 4.69) is 15.4 Å². The van der Waals surface area contributed by atoms with Gasteiger partial charge in [0.05, 0.1) is 24.0 Å². The van der Waals surface area contributed by atoms with Crippen LogP contribution in [-0.2, 0) is 4.79 Å². The number of amides is 2. The summed E-state index contributed by atoms with van der Waals surface area (Å²) in [5.41, 5.74) is 3.78. The first-order chi connectivity index (χ1) is 16.6. The average molecular weight is 454 g/mol. The highest BCUT2D eigenvalue weighted by atomic mass is 16.5. The molecule has 2 aromatic heterocycles. The second-order valence-corrected chi connectivity index (χ2v) is 7.90. The first-order valence-electron chi connectivity index (χ1n) is 11.0. The van der Waals surface area contributed by atoms with Crippen LogP contribution in [0.4, 0.5) is 11.4 Å². The summed E-state index contributed by atoms with van der Waals surface area (Å²) in [7, 11) is 1.55. The Morgan fingerprint density at radius 2 is 1.94 bits per heavy atom. The van der Waals surface area contributed by atoms with Crippen molar-refractivity contribution >= 4 is 23.2 Å². The lowest BCUT2D eigenvalue weighted by molar-refractivity contribution is -0.117. The van der Waals surface area contributed by atoms with Crippen molar-refractivity contribution in [3.05, 3.63) is 84.8 Å². The lowest BCUT2D eigenvalue weighted by atomic mass is 10.1. The molecule has 0 bridgehead atoms. The fraction of sp³-hybridized carbons (Fsp3) is 0.154. The van der Waals surface area contributed by atoms with E-state index in [1.807, 2.05) is 42.5 Å². The number of hydrogen-bond acceptors (Lipinski definition) is 5. The summed E-state index contributed by atoms with van der Waals surface area (Å²) < 4.78 is 7.20. The van der Waals surface area contributed by atoms with E-state index in [4.69, 9.17) is 4.74 Å². The number of nitrogens with one attached hydrogen (secondary N) is 1. The van der Waals surface area contributed by atoms with Gasteiger partial charge in [0.1, 0.15) is 11.4 Å². The number of anilines is 2. The molecule has 170 valence electrons. The van der Waals surface area contributed by atoms with Crippen LogP contribution in [-0.4, -0.2) is 40.2 Å². The van der Waals surface area contributed by atoms with Crippen LogP contribution in [0.5, 0.6) is 5.75 Å². The highest BCUT2D eigenvalue weighted by Gasteiger charge is 2.25. The zero-order chi connectivity index (χ0) is 23.5. The Morgan fingerprint density at radius 3 is 2.65 bits per heavy atom. The van der Waals surface area contributed by atoms with Crippen molar-refractivity contribution in [3.63, 3.8) is 0 Å². The van der Waals surface area contributed by atoms with Crippen molar-refractivity contribution < 1.29 is 14.3 Å². The number of ether oxygens (including phenoxy) is 1. The maximum absolute atomic E-state index is 13.4. The third kappa shape index (κ3) is 4.13. The molecule has 0 spiro atoms. The Balaban J connectivity index is 1.47. The lowest BCUT2D eigenvalue weighted by Gasteiger charge is -2.19. The maximum Gasteiger partial charge on any atom is 0.259 e. The number of carbonyl (C=O) groups is 2. The quantitative estimate of drug-likeness (QED) is 0.470. The SMILES string of the molecule is COc1cc(NC(=O)c2cn(-c3ccccc3)nc2-c2cccnc2)ccc1N1CCCC1=O. The average Bonchev–Trinajstić information content (AvgIpc) is 3.52. The normalized spacial score (nSPS) is 13.2. The molecule has 0 atom stereocenters. The van der Waals surface area contributed by atoms with Crippen LogP contribution in [0.25, 0.3) is 16.9 Å². The van der Waals surface area contributed by atoms with E-state index in [-0.39, 0.29) is 11.8 Å². The maximum atomic E-state index is 13.4. The third-order valence-corrected chi connectivity index (χ3v) is 5.72. The van der Waals surface area contributed by atoms with E-state index >= 15 is 0 Å². The van der Waals surface area contributed by atoms with E-state index < -0.39 is 0 Å². The topological polar surface area (TPSA) is 89.3 Å². The summed E-state index contributed by atoms with van der Waals surface area (Å²) in [6.07, 6.45) is 6.42. The molecule has 0 saturated carbocycles. The summed E-state index contributed by atoms with van der Waals surface area (Å²) in [6.45, 7) is 0.661. The van der Waals surface area contributed by atoms with Gasteiger partial charge in [-0.2, -0.15) is 5.10 Å². The van der Waals surface area contributed by atoms with Crippen LogP contribution < -0.4 is 15.0 Å². The number of carbonyl (C=O) groups excluding carboxylic acids is 2. The number of para-hydroxylation sites is 1. The van der Waals surface area contributed by atoms with Crippen molar-refractivity contribution in [1.29, 1.82) is 0 Å². The molecular formula is C26H23N5O3. The van der Waals surface area contributed by atoms with Crippen molar-refractivity contribution in [2.24, 2.45) is 0 Å². The van der Waals surface area contributed by atoms with Gasteiger partial charge in [0.25, 0.3) is 5.91 Å². The first-order valence-corrected chi connectivity index (χ1v) is 11.0. The summed E-state index contributed by atoms with van der Waals surface area (Å²) in [5, 5.41) is 7.61. The Hall–Kier alpha value is -4.46. The number of benzene rings is 2. The fourth-order valence-corrected chi connectivity index (χ4v) is 4.05. The molecule has 3 heterocycles. The van der Waals surface area contributed by atoms with Crippen LogP contribution in [0, 0.1) is 0 Å². The number of pyridine rings is 1. The van der Waals surface area contributed by atoms with E-state index in [0.29, 0.717) is 41.3 Å². The van der Waals surface area contributed by atoms with E-state index in [1.165, 1.54) is 0 Å². The van der Waals surface area contributed by atoms with Gasteiger partial charge in [-0.3, -0.25) is 14.6 Å². The Morgan fingerprint density at radius 1 is 1.09 bits per heavy atom. The molecule has 1 saturated heterocycles. The van der Waals surface area contributed by atoms with Gasteiger partial charge < -0.3 is 15.0 Å². The number of hydrogen-bond donors (Lipinski definition) is 1. The number of methoxy groups -OCH3 is 1. The first kappa shape index (κ1) is 21.4. The predicted molar refractivity (Wildman–Crippen MR) is 129 cm³/mol. The smallest absolute Gasteiger partial charge is 0.259 e. The molecule has 2 aromatic carbocycles. The van der Waals surface area contributed by atoms with Crippen LogP contribution in [0.1, 0.15) is 23.2 Å². The second-order valence-electron chi connectivity index (χ2n) is 7.90. The number of rotatable bonds is 6. The minimum Gasteiger partial charge on any atom is -0.494 e. The van der Waals surface area contributed by atoms with Crippen molar-refractivity contribution in [2.75, 3.05) is 23.9 Å². The molecule has 0 radical (unpaired) electrons. The van der Waals surface area contributed by atoms with Gasteiger partial charge in [0.15, 0.2) is 0 Å². The van der Waals surface area contributed by atoms with Crippen LogP contribution >= 0.6 is 0 Å². The number of nitrogens with zero attached hydrogens (tertiary/aromatic N) is 4. The van der Waals surface area contributed by atoms with Crippen molar-refractivity contribution in [1.82, 2.24) is 14.8 Å². The molecule has 2 amide bonds. The fourth-order valence-electron chi connectivity index (χ4n) is 4.05. The molecule has 1 aliphatic rings. The van der Waals surface area contributed by atoms with Gasteiger partial charge in [-0.25, -0.2) is 4.68 Å². The molecular weight excluding hydrogens is 430 g/mol.